The zero-order valence-electron chi connectivity index (χ0n) is 8.93. The summed E-state index contributed by atoms with van der Waals surface area (Å²) in [4.78, 5) is 15.0. The second-order valence-corrected chi connectivity index (χ2v) is 3.83. The van der Waals surface area contributed by atoms with Crippen LogP contribution in [-0.4, -0.2) is 41.1 Å². The molecule has 1 N–H and O–H groups in total. The summed E-state index contributed by atoms with van der Waals surface area (Å²) >= 11 is 0. The van der Waals surface area contributed by atoms with Crippen LogP contribution < -0.4 is 10.2 Å². The number of piperazine rings is 1. The minimum absolute atomic E-state index is 0.957. The lowest BCUT2D eigenvalue weighted by Gasteiger charge is -2.28. The van der Waals surface area contributed by atoms with Gasteiger partial charge in [0.05, 0.1) is 10.9 Å². The van der Waals surface area contributed by atoms with Crippen LogP contribution >= 0.6 is 0 Å². The molecule has 0 saturated carbocycles. The van der Waals surface area contributed by atoms with Gasteiger partial charge in [-0.25, -0.2) is 9.97 Å². The third-order valence-corrected chi connectivity index (χ3v) is 2.83. The first-order chi connectivity index (χ1) is 7.95. The lowest BCUT2D eigenvalue weighted by atomic mass is 10.2. The van der Waals surface area contributed by atoms with E-state index in [0.717, 1.165) is 42.9 Å². The molecule has 1 aliphatic heterocycles. The third-order valence-electron chi connectivity index (χ3n) is 2.83. The zero-order chi connectivity index (χ0) is 10.8. The van der Waals surface area contributed by atoms with Crippen LogP contribution in [0, 0.1) is 0 Å². The Bertz CT molecular complexity index is 487. The van der Waals surface area contributed by atoms with Crippen molar-refractivity contribution in [3.8, 4) is 0 Å². The van der Waals surface area contributed by atoms with Gasteiger partial charge in [-0.15, -0.1) is 0 Å². The molecule has 2 aromatic heterocycles. The van der Waals surface area contributed by atoms with Crippen molar-refractivity contribution in [1.82, 2.24) is 20.3 Å². The predicted octanol–water partition coefficient (Wildman–Crippen LogP) is 0.434. The van der Waals surface area contributed by atoms with Crippen LogP contribution in [0.25, 0.3) is 10.9 Å². The summed E-state index contributed by atoms with van der Waals surface area (Å²) in [6, 6.07) is 1.92. The van der Waals surface area contributed by atoms with Gasteiger partial charge in [0.1, 0.15) is 12.1 Å². The van der Waals surface area contributed by atoms with E-state index >= 15 is 0 Å². The Morgan fingerprint density at radius 3 is 2.94 bits per heavy atom. The van der Waals surface area contributed by atoms with E-state index < -0.39 is 0 Å². The lowest BCUT2D eigenvalue weighted by Crippen LogP contribution is -2.44. The van der Waals surface area contributed by atoms with Crippen molar-refractivity contribution >= 4 is 16.7 Å². The summed E-state index contributed by atoms with van der Waals surface area (Å²) in [6.07, 6.45) is 5.23. The van der Waals surface area contributed by atoms with Crippen LogP contribution in [0.4, 0.5) is 5.82 Å². The van der Waals surface area contributed by atoms with E-state index in [2.05, 4.69) is 25.2 Å². The molecule has 82 valence electrons. The van der Waals surface area contributed by atoms with Crippen molar-refractivity contribution in [3.63, 3.8) is 0 Å². The van der Waals surface area contributed by atoms with Crippen molar-refractivity contribution in [2.24, 2.45) is 0 Å². The maximum atomic E-state index is 4.38. The van der Waals surface area contributed by atoms with E-state index in [0.29, 0.717) is 0 Å². The first-order valence-corrected chi connectivity index (χ1v) is 5.45. The third kappa shape index (κ3) is 1.59. The Kier molecular flexibility index (Phi) is 2.38. The highest BCUT2D eigenvalue weighted by atomic mass is 15.2. The molecule has 0 unspecified atom stereocenters. The van der Waals surface area contributed by atoms with Crippen LogP contribution in [0.15, 0.2) is 24.8 Å². The molecule has 0 aromatic carbocycles. The molecule has 0 aliphatic carbocycles. The molecule has 0 radical (unpaired) electrons. The molecule has 5 heteroatoms. The summed E-state index contributed by atoms with van der Waals surface area (Å²) in [5, 5.41) is 4.37. The fraction of sp³-hybridized carbons (Fsp3) is 0.364. The summed E-state index contributed by atoms with van der Waals surface area (Å²) < 4.78 is 0. The molecular weight excluding hydrogens is 202 g/mol. The standard InChI is InChI=1S/C11H13N5/c1-2-13-7-9-10(1)14-8-15-11(9)16-5-3-12-4-6-16/h1-2,7-8,12H,3-6H2. The average molecular weight is 215 g/mol. The Labute approximate surface area is 93.5 Å². The molecule has 0 amide bonds. The Morgan fingerprint density at radius 2 is 2.06 bits per heavy atom. The molecule has 1 fully saturated rings. The van der Waals surface area contributed by atoms with E-state index in [9.17, 15) is 0 Å². The molecule has 0 bridgehead atoms. The number of pyridine rings is 1. The van der Waals surface area contributed by atoms with Gasteiger partial charge in [0.25, 0.3) is 0 Å². The summed E-state index contributed by atoms with van der Waals surface area (Å²) in [6.45, 7) is 3.99. The highest BCUT2D eigenvalue weighted by molar-refractivity contribution is 5.88. The summed E-state index contributed by atoms with van der Waals surface area (Å²) in [7, 11) is 0. The van der Waals surface area contributed by atoms with E-state index in [-0.39, 0.29) is 0 Å². The predicted molar refractivity (Wildman–Crippen MR) is 62.4 cm³/mol. The van der Waals surface area contributed by atoms with Gasteiger partial charge in [0.15, 0.2) is 0 Å². The molecule has 1 saturated heterocycles. The van der Waals surface area contributed by atoms with Crippen LogP contribution in [0.1, 0.15) is 0 Å². The summed E-state index contributed by atoms with van der Waals surface area (Å²) in [5.41, 5.74) is 0.957. The largest absolute Gasteiger partial charge is 0.353 e. The van der Waals surface area contributed by atoms with Crippen molar-refractivity contribution in [1.29, 1.82) is 0 Å². The quantitative estimate of drug-likeness (QED) is 0.748. The van der Waals surface area contributed by atoms with Gasteiger partial charge in [0, 0.05) is 38.6 Å². The molecule has 2 aromatic rings. The van der Waals surface area contributed by atoms with Crippen molar-refractivity contribution < 1.29 is 0 Å². The van der Waals surface area contributed by atoms with Gasteiger partial charge in [-0.1, -0.05) is 0 Å². The molecule has 1 aliphatic rings. The topological polar surface area (TPSA) is 53.9 Å². The fourth-order valence-corrected chi connectivity index (χ4v) is 2.02. The van der Waals surface area contributed by atoms with E-state index in [1.165, 1.54) is 0 Å². The SMILES string of the molecule is c1cc2ncnc(N3CCNCC3)c2cn1. The highest BCUT2D eigenvalue weighted by Crippen LogP contribution is 2.21. The molecule has 0 spiro atoms. The molecule has 16 heavy (non-hydrogen) atoms. The number of aromatic nitrogens is 3. The number of hydrogen-bond donors (Lipinski definition) is 1. The normalized spacial score (nSPS) is 16.6. The Morgan fingerprint density at radius 1 is 1.19 bits per heavy atom. The average Bonchev–Trinajstić information content (AvgIpc) is 2.39. The van der Waals surface area contributed by atoms with Crippen molar-refractivity contribution in [2.75, 3.05) is 31.1 Å². The van der Waals surface area contributed by atoms with Crippen molar-refractivity contribution in [3.05, 3.63) is 24.8 Å². The maximum absolute atomic E-state index is 4.38. The van der Waals surface area contributed by atoms with Gasteiger partial charge in [-0.3, -0.25) is 4.98 Å². The zero-order valence-corrected chi connectivity index (χ0v) is 8.93. The van der Waals surface area contributed by atoms with E-state index in [1.807, 2.05) is 12.3 Å². The number of fused-ring (bicyclic) bond motifs is 1. The smallest absolute Gasteiger partial charge is 0.141 e. The van der Waals surface area contributed by atoms with Crippen molar-refractivity contribution in [2.45, 2.75) is 0 Å². The lowest BCUT2D eigenvalue weighted by molar-refractivity contribution is 0.586. The van der Waals surface area contributed by atoms with Crippen LogP contribution in [-0.2, 0) is 0 Å². The van der Waals surface area contributed by atoms with E-state index in [1.54, 1.807) is 12.5 Å². The number of nitrogens with one attached hydrogen (secondary N) is 1. The number of nitrogens with zero attached hydrogens (tertiary/aromatic N) is 4. The summed E-state index contributed by atoms with van der Waals surface area (Å²) in [5.74, 6) is 1.000. The highest BCUT2D eigenvalue weighted by Gasteiger charge is 2.14. The second-order valence-electron chi connectivity index (χ2n) is 3.83. The molecule has 5 nitrogen and oxygen atoms in total. The minimum atomic E-state index is 0.957. The molecular formula is C11H13N5. The molecule has 0 atom stereocenters. The van der Waals surface area contributed by atoms with E-state index in [4.69, 9.17) is 0 Å². The molecule has 3 heterocycles. The number of rotatable bonds is 1. The first kappa shape index (κ1) is 9.47. The Balaban J connectivity index is 2.08. The maximum Gasteiger partial charge on any atom is 0.141 e. The van der Waals surface area contributed by atoms with Gasteiger partial charge in [-0.05, 0) is 6.07 Å². The number of anilines is 1. The fourth-order valence-electron chi connectivity index (χ4n) is 2.02. The van der Waals surface area contributed by atoms with Crippen LogP contribution in [0.5, 0.6) is 0 Å². The van der Waals surface area contributed by atoms with Crippen LogP contribution in [0.3, 0.4) is 0 Å². The second kappa shape index (κ2) is 4.02. The van der Waals surface area contributed by atoms with Crippen LogP contribution in [0.2, 0.25) is 0 Å². The van der Waals surface area contributed by atoms with Gasteiger partial charge < -0.3 is 10.2 Å². The number of hydrogen-bond acceptors (Lipinski definition) is 5. The van der Waals surface area contributed by atoms with Gasteiger partial charge in [0.2, 0.25) is 0 Å². The van der Waals surface area contributed by atoms with Gasteiger partial charge in [-0.2, -0.15) is 0 Å². The first-order valence-electron chi connectivity index (χ1n) is 5.45. The molecule has 3 rings (SSSR count). The monoisotopic (exact) mass is 215 g/mol. The minimum Gasteiger partial charge on any atom is -0.353 e. The van der Waals surface area contributed by atoms with Gasteiger partial charge >= 0.3 is 0 Å². The Hall–Kier alpha value is -1.75.